The third-order valence-corrected chi connectivity index (χ3v) is 3.09. The molecule has 1 atom stereocenters. The molecule has 0 aromatic heterocycles. The summed E-state index contributed by atoms with van der Waals surface area (Å²) in [4.78, 5) is 22.7. The van der Waals surface area contributed by atoms with E-state index in [2.05, 4.69) is 10.6 Å². The lowest BCUT2D eigenvalue weighted by Gasteiger charge is -2.22. The minimum absolute atomic E-state index is 0.0341. The second-order valence-corrected chi connectivity index (χ2v) is 4.76. The number of hydrogen-bond acceptors (Lipinski definition) is 4. The van der Waals surface area contributed by atoms with Gasteiger partial charge in [-0.15, -0.1) is 0 Å². The maximum atomic E-state index is 12.2. The molecule has 0 aliphatic carbocycles. The van der Waals surface area contributed by atoms with Gasteiger partial charge in [-0.05, 0) is 25.5 Å². The van der Waals surface area contributed by atoms with E-state index in [1.165, 1.54) is 0 Å². The highest BCUT2D eigenvalue weighted by Gasteiger charge is 2.20. The van der Waals surface area contributed by atoms with Crippen LogP contribution < -0.4 is 15.4 Å². The molecule has 20 heavy (non-hydrogen) atoms. The summed E-state index contributed by atoms with van der Waals surface area (Å²) < 4.78 is 5.54. The summed E-state index contributed by atoms with van der Waals surface area (Å²) >= 11 is 0. The Morgan fingerprint density at radius 3 is 3.05 bits per heavy atom. The number of anilines is 1. The Hall–Kier alpha value is -2.24. The molecule has 0 fully saturated rings. The van der Waals surface area contributed by atoms with Crippen molar-refractivity contribution in [2.45, 2.75) is 25.8 Å². The van der Waals surface area contributed by atoms with E-state index in [-0.39, 0.29) is 18.4 Å². The maximum absolute atomic E-state index is 12.2. The Balaban J connectivity index is 2.04. The number of amides is 1. The Labute approximate surface area is 117 Å². The van der Waals surface area contributed by atoms with Gasteiger partial charge in [0.15, 0.2) is 5.75 Å². The molecule has 1 aromatic carbocycles. The zero-order valence-corrected chi connectivity index (χ0v) is 11.3. The number of para-hydroxylation sites is 1. The Morgan fingerprint density at radius 1 is 1.50 bits per heavy atom. The van der Waals surface area contributed by atoms with Crippen molar-refractivity contribution in [3.05, 3.63) is 23.8 Å². The predicted molar refractivity (Wildman–Crippen MR) is 74.2 cm³/mol. The lowest BCUT2D eigenvalue weighted by Crippen LogP contribution is -2.33. The van der Waals surface area contributed by atoms with Crippen LogP contribution in [-0.2, 0) is 4.79 Å². The molecule has 1 amide bonds. The molecular formula is C14H18N2O4. The molecule has 2 rings (SSSR count). The van der Waals surface area contributed by atoms with Crippen molar-refractivity contribution in [1.29, 1.82) is 0 Å². The molecule has 0 bridgehead atoms. The summed E-state index contributed by atoms with van der Waals surface area (Å²) in [6.45, 7) is 3.02. The number of ether oxygens (including phenoxy) is 1. The number of carbonyl (C=O) groups excluding carboxylic acids is 1. The van der Waals surface area contributed by atoms with Crippen molar-refractivity contribution >= 4 is 17.6 Å². The molecule has 0 spiro atoms. The molecule has 0 saturated carbocycles. The van der Waals surface area contributed by atoms with E-state index in [1.54, 1.807) is 19.1 Å². The van der Waals surface area contributed by atoms with Crippen molar-refractivity contribution < 1.29 is 19.4 Å². The summed E-state index contributed by atoms with van der Waals surface area (Å²) in [7, 11) is 0. The van der Waals surface area contributed by atoms with Gasteiger partial charge in [-0.3, -0.25) is 9.59 Å². The third kappa shape index (κ3) is 3.40. The normalized spacial score (nSPS) is 14.4. The van der Waals surface area contributed by atoms with Gasteiger partial charge in [0.25, 0.3) is 5.91 Å². The summed E-state index contributed by atoms with van der Waals surface area (Å²) in [6.07, 6.45) is 0.432. The number of fused-ring (bicyclic) bond motifs is 1. The number of benzene rings is 1. The van der Waals surface area contributed by atoms with Crippen LogP contribution in [-0.4, -0.2) is 36.2 Å². The molecule has 6 heteroatoms. The summed E-state index contributed by atoms with van der Waals surface area (Å²) in [6, 6.07) is 5.15. The zero-order valence-electron chi connectivity index (χ0n) is 11.3. The Morgan fingerprint density at radius 2 is 2.30 bits per heavy atom. The van der Waals surface area contributed by atoms with Gasteiger partial charge in [0, 0.05) is 19.0 Å². The SMILES string of the molecule is CC(CCC(=O)O)NC(=O)c1cccc2c1OCCN2. The first kappa shape index (κ1) is 14.2. The number of carboxylic acid groups (broad SMARTS) is 1. The summed E-state index contributed by atoms with van der Waals surface area (Å²) in [5, 5.41) is 14.6. The van der Waals surface area contributed by atoms with E-state index in [0.717, 1.165) is 5.69 Å². The predicted octanol–water partition coefficient (Wildman–Crippen LogP) is 1.47. The summed E-state index contributed by atoms with van der Waals surface area (Å²) in [5.41, 5.74) is 1.28. The van der Waals surface area contributed by atoms with Gasteiger partial charge >= 0.3 is 5.97 Å². The van der Waals surface area contributed by atoms with Crippen molar-refractivity contribution in [2.24, 2.45) is 0 Å². The lowest BCUT2D eigenvalue weighted by atomic mass is 10.1. The van der Waals surface area contributed by atoms with Crippen LogP contribution in [0.5, 0.6) is 5.75 Å². The van der Waals surface area contributed by atoms with Crippen LogP contribution in [0.2, 0.25) is 0 Å². The first-order valence-electron chi connectivity index (χ1n) is 6.60. The second-order valence-electron chi connectivity index (χ2n) is 4.76. The van der Waals surface area contributed by atoms with Gasteiger partial charge in [-0.2, -0.15) is 0 Å². The highest BCUT2D eigenvalue weighted by atomic mass is 16.5. The fourth-order valence-corrected chi connectivity index (χ4v) is 2.06. The van der Waals surface area contributed by atoms with E-state index in [1.807, 2.05) is 6.07 Å². The average molecular weight is 278 g/mol. The fourth-order valence-electron chi connectivity index (χ4n) is 2.06. The lowest BCUT2D eigenvalue weighted by molar-refractivity contribution is -0.137. The molecule has 3 N–H and O–H groups in total. The van der Waals surface area contributed by atoms with E-state index in [0.29, 0.717) is 30.9 Å². The molecule has 1 aliphatic rings. The molecule has 6 nitrogen and oxygen atoms in total. The molecule has 1 aromatic rings. The first-order chi connectivity index (χ1) is 9.58. The highest BCUT2D eigenvalue weighted by molar-refractivity contribution is 5.99. The van der Waals surface area contributed by atoms with Crippen LogP contribution in [0, 0.1) is 0 Å². The minimum atomic E-state index is -0.865. The molecule has 1 unspecified atom stereocenters. The number of rotatable bonds is 5. The number of carboxylic acids is 1. The fraction of sp³-hybridized carbons (Fsp3) is 0.429. The topological polar surface area (TPSA) is 87.7 Å². The van der Waals surface area contributed by atoms with E-state index >= 15 is 0 Å². The Bertz CT molecular complexity index is 516. The van der Waals surface area contributed by atoms with Gasteiger partial charge in [-0.25, -0.2) is 0 Å². The van der Waals surface area contributed by atoms with Gasteiger partial charge in [-0.1, -0.05) is 6.07 Å². The Kier molecular flexibility index (Phi) is 4.45. The molecular weight excluding hydrogens is 260 g/mol. The van der Waals surface area contributed by atoms with Crippen molar-refractivity contribution in [1.82, 2.24) is 5.32 Å². The second kappa shape index (κ2) is 6.27. The summed E-state index contributed by atoms with van der Waals surface area (Å²) in [5.74, 6) is -0.555. The molecule has 1 aliphatic heterocycles. The van der Waals surface area contributed by atoms with Gasteiger partial charge in [0.2, 0.25) is 0 Å². The van der Waals surface area contributed by atoms with Crippen molar-refractivity contribution in [3.63, 3.8) is 0 Å². The van der Waals surface area contributed by atoms with Crippen molar-refractivity contribution in [2.75, 3.05) is 18.5 Å². The van der Waals surface area contributed by atoms with E-state index in [9.17, 15) is 9.59 Å². The molecule has 0 saturated heterocycles. The first-order valence-corrected chi connectivity index (χ1v) is 6.60. The number of nitrogens with one attached hydrogen (secondary N) is 2. The molecule has 0 radical (unpaired) electrons. The standard InChI is InChI=1S/C14H18N2O4/c1-9(5-6-12(17)18)16-14(19)10-3-2-4-11-13(10)20-8-7-15-11/h2-4,9,15H,5-8H2,1H3,(H,16,19)(H,17,18). The monoisotopic (exact) mass is 278 g/mol. The minimum Gasteiger partial charge on any atom is -0.489 e. The van der Waals surface area contributed by atoms with Gasteiger partial charge < -0.3 is 20.5 Å². The quantitative estimate of drug-likeness (QED) is 0.759. The average Bonchev–Trinajstić information content (AvgIpc) is 2.44. The van der Waals surface area contributed by atoms with Crippen LogP contribution in [0.25, 0.3) is 0 Å². The molecule has 1 heterocycles. The molecule has 108 valence electrons. The number of hydrogen-bond donors (Lipinski definition) is 3. The highest BCUT2D eigenvalue weighted by Crippen LogP contribution is 2.31. The van der Waals surface area contributed by atoms with Crippen molar-refractivity contribution in [3.8, 4) is 5.75 Å². The van der Waals surface area contributed by atoms with Crippen LogP contribution in [0.4, 0.5) is 5.69 Å². The van der Waals surface area contributed by atoms with Crippen LogP contribution in [0.1, 0.15) is 30.1 Å². The van der Waals surface area contributed by atoms with Crippen LogP contribution in [0.15, 0.2) is 18.2 Å². The van der Waals surface area contributed by atoms with Gasteiger partial charge in [0.05, 0.1) is 11.3 Å². The number of carbonyl (C=O) groups is 2. The van der Waals surface area contributed by atoms with E-state index in [4.69, 9.17) is 9.84 Å². The zero-order chi connectivity index (χ0) is 14.5. The van der Waals surface area contributed by atoms with Crippen LogP contribution >= 0.6 is 0 Å². The third-order valence-electron chi connectivity index (χ3n) is 3.09. The van der Waals surface area contributed by atoms with Gasteiger partial charge in [0.1, 0.15) is 6.61 Å². The maximum Gasteiger partial charge on any atom is 0.303 e. The largest absolute Gasteiger partial charge is 0.489 e. The van der Waals surface area contributed by atoms with Crippen LogP contribution in [0.3, 0.4) is 0 Å². The smallest absolute Gasteiger partial charge is 0.303 e. The number of aliphatic carboxylic acids is 1. The van der Waals surface area contributed by atoms with E-state index < -0.39 is 5.97 Å².